The Morgan fingerprint density at radius 3 is 2.70 bits per heavy atom. The number of halogens is 1. The zero-order valence-corrected chi connectivity index (χ0v) is 11.4. The van der Waals surface area contributed by atoms with Crippen LogP contribution in [0.2, 0.25) is 0 Å². The van der Waals surface area contributed by atoms with Gasteiger partial charge in [-0.1, -0.05) is 13.0 Å². The summed E-state index contributed by atoms with van der Waals surface area (Å²) in [5.41, 5.74) is 6.73. The van der Waals surface area contributed by atoms with E-state index in [1.165, 1.54) is 6.07 Å². The molecular weight excluding hydrogens is 257 g/mol. The van der Waals surface area contributed by atoms with Gasteiger partial charge in [-0.05, 0) is 36.6 Å². The molecule has 2 N–H and O–H groups in total. The highest BCUT2D eigenvalue weighted by Gasteiger charge is 2.08. The molecule has 0 spiro atoms. The largest absolute Gasteiger partial charge is 0.483 e. The SMILES string of the molecule is CCC(N)Cc1ccc(OCc2ncccn2)c(F)c1. The summed E-state index contributed by atoms with van der Waals surface area (Å²) in [5.74, 6) is 0.331. The van der Waals surface area contributed by atoms with Gasteiger partial charge in [0, 0.05) is 18.4 Å². The van der Waals surface area contributed by atoms with E-state index in [0.29, 0.717) is 12.2 Å². The van der Waals surface area contributed by atoms with Crippen LogP contribution < -0.4 is 10.5 Å². The van der Waals surface area contributed by atoms with Crippen molar-refractivity contribution in [3.8, 4) is 5.75 Å². The van der Waals surface area contributed by atoms with Gasteiger partial charge >= 0.3 is 0 Å². The summed E-state index contributed by atoms with van der Waals surface area (Å²) in [6, 6.07) is 6.70. The van der Waals surface area contributed by atoms with Crippen LogP contribution in [0.15, 0.2) is 36.7 Å². The summed E-state index contributed by atoms with van der Waals surface area (Å²) in [6.45, 7) is 2.16. The van der Waals surface area contributed by atoms with Gasteiger partial charge in [-0.25, -0.2) is 14.4 Å². The third kappa shape index (κ3) is 3.99. The molecule has 1 aromatic heterocycles. The fourth-order valence-corrected chi connectivity index (χ4v) is 1.78. The van der Waals surface area contributed by atoms with Gasteiger partial charge in [-0.3, -0.25) is 0 Å². The smallest absolute Gasteiger partial charge is 0.166 e. The summed E-state index contributed by atoms with van der Waals surface area (Å²) < 4.78 is 19.3. The van der Waals surface area contributed by atoms with E-state index in [0.717, 1.165) is 12.0 Å². The second kappa shape index (κ2) is 6.96. The van der Waals surface area contributed by atoms with Crippen molar-refractivity contribution >= 4 is 0 Å². The van der Waals surface area contributed by atoms with Crippen LogP contribution in [0, 0.1) is 5.82 Å². The van der Waals surface area contributed by atoms with Crippen molar-refractivity contribution in [3.63, 3.8) is 0 Å². The first-order valence-electron chi connectivity index (χ1n) is 6.61. The first kappa shape index (κ1) is 14.4. The van der Waals surface area contributed by atoms with E-state index in [-0.39, 0.29) is 24.2 Å². The zero-order chi connectivity index (χ0) is 14.4. The molecule has 1 aromatic carbocycles. The molecule has 0 aliphatic rings. The third-order valence-electron chi connectivity index (χ3n) is 2.99. The van der Waals surface area contributed by atoms with Gasteiger partial charge in [0.15, 0.2) is 17.4 Å². The number of rotatable bonds is 6. The van der Waals surface area contributed by atoms with Crippen molar-refractivity contribution in [2.75, 3.05) is 0 Å². The molecule has 0 saturated carbocycles. The molecule has 20 heavy (non-hydrogen) atoms. The molecule has 2 rings (SSSR count). The van der Waals surface area contributed by atoms with E-state index in [1.54, 1.807) is 24.5 Å². The molecule has 0 aliphatic carbocycles. The second-order valence-corrected chi connectivity index (χ2v) is 4.59. The van der Waals surface area contributed by atoms with Crippen molar-refractivity contribution in [1.29, 1.82) is 0 Å². The Morgan fingerprint density at radius 1 is 1.30 bits per heavy atom. The van der Waals surface area contributed by atoms with Crippen LogP contribution in [-0.4, -0.2) is 16.0 Å². The lowest BCUT2D eigenvalue weighted by Gasteiger charge is -2.11. The molecule has 4 nitrogen and oxygen atoms in total. The van der Waals surface area contributed by atoms with Crippen LogP contribution in [0.3, 0.4) is 0 Å². The second-order valence-electron chi connectivity index (χ2n) is 4.59. The van der Waals surface area contributed by atoms with Crippen LogP contribution in [0.1, 0.15) is 24.7 Å². The highest BCUT2D eigenvalue weighted by atomic mass is 19.1. The molecule has 1 unspecified atom stereocenters. The minimum atomic E-state index is -0.387. The molecule has 2 aromatic rings. The maximum atomic E-state index is 13.9. The third-order valence-corrected chi connectivity index (χ3v) is 2.99. The molecule has 0 bridgehead atoms. The summed E-state index contributed by atoms with van der Waals surface area (Å²) in [5, 5.41) is 0. The van der Waals surface area contributed by atoms with Gasteiger partial charge in [0.25, 0.3) is 0 Å². The highest BCUT2D eigenvalue weighted by molar-refractivity contribution is 5.29. The number of benzene rings is 1. The minimum Gasteiger partial charge on any atom is -0.483 e. The van der Waals surface area contributed by atoms with Crippen LogP contribution in [-0.2, 0) is 13.0 Å². The number of nitrogens with zero attached hydrogens (tertiary/aromatic N) is 2. The molecular formula is C15H18FN3O. The van der Waals surface area contributed by atoms with Gasteiger partial charge in [-0.2, -0.15) is 0 Å². The first-order chi connectivity index (χ1) is 9.69. The molecule has 0 radical (unpaired) electrons. The van der Waals surface area contributed by atoms with E-state index in [9.17, 15) is 4.39 Å². The van der Waals surface area contributed by atoms with Crippen molar-refractivity contribution < 1.29 is 9.13 Å². The average Bonchev–Trinajstić information content (AvgIpc) is 2.47. The predicted octanol–water partition coefficient (Wildman–Crippen LogP) is 2.47. The van der Waals surface area contributed by atoms with Gasteiger partial charge in [0.1, 0.15) is 6.61 Å². The summed E-state index contributed by atoms with van der Waals surface area (Å²) in [6.07, 6.45) is 4.77. The maximum absolute atomic E-state index is 13.9. The fourth-order valence-electron chi connectivity index (χ4n) is 1.78. The molecule has 0 aliphatic heterocycles. The van der Waals surface area contributed by atoms with E-state index in [4.69, 9.17) is 10.5 Å². The monoisotopic (exact) mass is 275 g/mol. The molecule has 0 amide bonds. The van der Waals surface area contributed by atoms with E-state index >= 15 is 0 Å². The summed E-state index contributed by atoms with van der Waals surface area (Å²) >= 11 is 0. The molecule has 5 heteroatoms. The van der Waals surface area contributed by atoms with E-state index in [1.807, 2.05) is 13.0 Å². The number of hydrogen-bond donors (Lipinski definition) is 1. The van der Waals surface area contributed by atoms with Crippen molar-refractivity contribution in [3.05, 3.63) is 53.9 Å². The van der Waals surface area contributed by atoms with Crippen LogP contribution in [0.4, 0.5) is 4.39 Å². The number of hydrogen-bond acceptors (Lipinski definition) is 4. The predicted molar refractivity (Wildman–Crippen MR) is 74.7 cm³/mol. The lowest BCUT2D eigenvalue weighted by Crippen LogP contribution is -2.21. The first-order valence-corrected chi connectivity index (χ1v) is 6.61. The molecule has 0 saturated heterocycles. The quantitative estimate of drug-likeness (QED) is 0.879. The number of ether oxygens (including phenoxy) is 1. The van der Waals surface area contributed by atoms with E-state index < -0.39 is 0 Å². The zero-order valence-electron chi connectivity index (χ0n) is 11.4. The summed E-state index contributed by atoms with van der Waals surface area (Å²) in [7, 11) is 0. The lowest BCUT2D eigenvalue weighted by molar-refractivity contribution is 0.281. The molecule has 0 fully saturated rings. The Bertz CT molecular complexity index is 548. The molecule has 1 heterocycles. The Morgan fingerprint density at radius 2 is 2.05 bits per heavy atom. The molecule has 106 valence electrons. The summed E-state index contributed by atoms with van der Waals surface area (Å²) in [4.78, 5) is 8.03. The minimum absolute atomic E-state index is 0.0545. The van der Waals surface area contributed by atoms with Crippen molar-refractivity contribution in [1.82, 2.24) is 9.97 Å². The molecule has 1 atom stereocenters. The van der Waals surface area contributed by atoms with Gasteiger partial charge in [0.2, 0.25) is 0 Å². The van der Waals surface area contributed by atoms with Crippen molar-refractivity contribution in [2.24, 2.45) is 5.73 Å². The van der Waals surface area contributed by atoms with Crippen LogP contribution in [0.5, 0.6) is 5.75 Å². The van der Waals surface area contributed by atoms with Gasteiger partial charge in [-0.15, -0.1) is 0 Å². The number of nitrogens with two attached hydrogens (primary N) is 1. The fraction of sp³-hybridized carbons (Fsp3) is 0.333. The average molecular weight is 275 g/mol. The van der Waals surface area contributed by atoms with Gasteiger partial charge < -0.3 is 10.5 Å². The van der Waals surface area contributed by atoms with Gasteiger partial charge in [0.05, 0.1) is 0 Å². The normalized spacial score (nSPS) is 12.2. The Balaban J connectivity index is 1.99. The van der Waals surface area contributed by atoms with Crippen molar-refractivity contribution in [2.45, 2.75) is 32.4 Å². The standard InChI is InChI=1S/C15H18FN3O/c1-2-12(17)8-11-4-5-14(13(16)9-11)20-10-15-18-6-3-7-19-15/h3-7,9,12H,2,8,10,17H2,1H3. The number of aromatic nitrogens is 2. The van der Waals surface area contributed by atoms with Crippen LogP contribution in [0.25, 0.3) is 0 Å². The van der Waals surface area contributed by atoms with Crippen LogP contribution >= 0.6 is 0 Å². The Kier molecular flexibility index (Phi) is 5.01. The Labute approximate surface area is 117 Å². The lowest BCUT2D eigenvalue weighted by atomic mass is 10.0. The highest BCUT2D eigenvalue weighted by Crippen LogP contribution is 2.20. The maximum Gasteiger partial charge on any atom is 0.166 e. The topological polar surface area (TPSA) is 61.0 Å². The van der Waals surface area contributed by atoms with E-state index in [2.05, 4.69) is 9.97 Å². The Hall–Kier alpha value is -2.01.